The Hall–Kier alpha value is -1.59. The molecule has 3 N–H and O–H groups in total. The number of likely N-dealkylation sites (tertiary alicyclic amines) is 1. The highest BCUT2D eigenvalue weighted by molar-refractivity contribution is 5.92. The van der Waals surface area contributed by atoms with Gasteiger partial charge in [0.25, 0.3) is 0 Å². The zero-order valence-electron chi connectivity index (χ0n) is 16.2. The molecule has 1 fully saturated rings. The molecule has 1 aliphatic rings. The maximum absolute atomic E-state index is 12.7. The molecule has 0 aromatic heterocycles. The standard InChI is InChI=1S/C19H35N3O3/c1-13(2)9-6-5-7-10-14(3)19(25)22-12-8-11-16(22)18(24)21-15(4)17(20)23/h13-16H,5-12H2,1-4H3,(H2,20,23)(H,21,24)/t14-,15+,16-/m0/s1. The SMILES string of the molecule is CC(C)CCCCC[C@H](C)C(=O)N1CCC[C@H]1C(=O)N[C@H](C)C(N)=O. The molecule has 6 heteroatoms. The van der Waals surface area contributed by atoms with Crippen LogP contribution in [0.2, 0.25) is 0 Å². The van der Waals surface area contributed by atoms with Gasteiger partial charge in [-0.2, -0.15) is 0 Å². The molecule has 144 valence electrons. The van der Waals surface area contributed by atoms with Crippen molar-refractivity contribution in [2.45, 2.75) is 84.7 Å². The summed E-state index contributed by atoms with van der Waals surface area (Å²) in [4.78, 5) is 37.9. The summed E-state index contributed by atoms with van der Waals surface area (Å²) < 4.78 is 0. The van der Waals surface area contributed by atoms with Crippen LogP contribution in [-0.4, -0.2) is 41.2 Å². The Morgan fingerprint density at radius 3 is 2.32 bits per heavy atom. The summed E-state index contributed by atoms with van der Waals surface area (Å²) in [5, 5.41) is 2.61. The number of unbranched alkanes of at least 4 members (excludes halogenated alkanes) is 2. The highest BCUT2D eigenvalue weighted by Gasteiger charge is 2.36. The van der Waals surface area contributed by atoms with Crippen LogP contribution in [0.25, 0.3) is 0 Å². The molecule has 3 atom stereocenters. The average molecular weight is 354 g/mol. The third kappa shape index (κ3) is 7.04. The van der Waals surface area contributed by atoms with E-state index in [1.807, 2.05) is 6.92 Å². The van der Waals surface area contributed by atoms with Crippen molar-refractivity contribution in [1.82, 2.24) is 10.2 Å². The summed E-state index contributed by atoms with van der Waals surface area (Å²) >= 11 is 0. The second-order valence-corrected chi connectivity index (χ2v) is 7.76. The molecule has 0 aliphatic carbocycles. The number of primary amides is 1. The Labute approximate surface area is 151 Å². The first kappa shape index (κ1) is 21.5. The number of rotatable bonds is 10. The van der Waals surface area contributed by atoms with Crippen LogP contribution in [0.1, 0.15) is 72.6 Å². The van der Waals surface area contributed by atoms with E-state index in [0.29, 0.717) is 13.0 Å². The van der Waals surface area contributed by atoms with E-state index in [9.17, 15) is 14.4 Å². The van der Waals surface area contributed by atoms with Crippen molar-refractivity contribution in [2.75, 3.05) is 6.54 Å². The molecule has 0 aromatic rings. The lowest BCUT2D eigenvalue weighted by molar-refractivity contribution is -0.141. The molecule has 1 rings (SSSR count). The van der Waals surface area contributed by atoms with Gasteiger partial charge in [-0.3, -0.25) is 14.4 Å². The number of amides is 3. The molecule has 3 amide bonds. The molecule has 0 spiro atoms. The Morgan fingerprint density at radius 2 is 1.72 bits per heavy atom. The van der Waals surface area contributed by atoms with Crippen LogP contribution < -0.4 is 11.1 Å². The zero-order valence-corrected chi connectivity index (χ0v) is 16.2. The van der Waals surface area contributed by atoms with Crippen LogP contribution in [-0.2, 0) is 14.4 Å². The van der Waals surface area contributed by atoms with E-state index >= 15 is 0 Å². The van der Waals surface area contributed by atoms with E-state index in [1.54, 1.807) is 11.8 Å². The molecule has 1 heterocycles. The molecular formula is C19H35N3O3. The lowest BCUT2D eigenvalue weighted by Gasteiger charge is -2.27. The van der Waals surface area contributed by atoms with Gasteiger partial charge in [-0.25, -0.2) is 0 Å². The van der Waals surface area contributed by atoms with Crippen molar-refractivity contribution in [3.8, 4) is 0 Å². The second-order valence-electron chi connectivity index (χ2n) is 7.76. The topological polar surface area (TPSA) is 92.5 Å². The fraction of sp³-hybridized carbons (Fsp3) is 0.842. The number of nitrogens with zero attached hydrogens (tertiary/aromatic N) is 1. The largest absolute Gasteiger partial charge is 0.368 e. The molecule has 1 saturated heterocycles. The van der Waals surface area contributed by atoms with Gasteiger partial charge in [-0.05, 0) is 32.1 Å². The minimum Gasteiger partial charge on any atom is -0.368 e. The number of carbonyl (C=O) groups is 3. The Balaban J connectivity index is 2.46. The number of nitrogens with one attached hydrogen (secondary N) is 1. The van der Waals surface area contributed by atoms with Crippen molar-refractivity contribution in [2.24, 2.45) is 17.6 Å². The Bertz CT molecular complexity index is 465. The van der Waals surface area contributed by atoms with Gasteiger partial charge >= 0.3 is 0 Å². The maximum atomic E-state index is 12.7. The molecule has 25 heavy (non-hydrogen) atoms. The number of nitrogens with two attached hydrogens (primary N) is 1. The van der Waals surface area contributed by atoms with Gasteiger partial charge in [0.05, 0.1) is 0 Å². The first-order chi connectivity index (χ1) is 11.7. The molecule has 0 unspecified atom stereocenters. The van der Waals surface area contributed by atoms with E-state index in [1.165, 1.54) is 12.8 Å². The summed E-state index contributed by atoms with van der Waals surface area (Å²) in [6.07, 6.45) is 6.95. The van der Waals surface area contributed by atoms with Crippen molar-refractivity contribution in [3.05, 3.63) is 0 Å². The van der Waals surface area contributed by atoms with E-state index in [0.717, 1.165) is 31.6 Å². The average Bonchev–Trinajstić information content (AvgIpc) is 3.02. The summed E-state index contributed by atoms with van der Waals surface area (Å²) in [7, 11) is 0. The minimum absolute atomic E-state index is 0.0493. The summed E-state index contributed by atoms with van der Waals surface area (Å²) in [5.41, 5.74) is 5.19. The van der Waals surface area contributed by atoms with Gasteiger partial charge in [-0.15, -0.1) is 0 Å². The molecule has 0 aromatic carbocycles. The van der Waals surface area contributed by atoms with Gasteiger partial charge in [0.2, 0.25) is 17.7 Å². The van der Waals surface area contributed by atoms with Crippen molar-refractivity contribution >= 4 is 17.7 Å². The van der Waals surface area contributed by atoms with Gasteiger partial charge in [0, 0.05) is 12.5 Å². The number of hydrogen-bond acceptors (Lipinski definition) is 3. The van der Waals surface area contributed by atoms with Gasteiger partial charge in [0.15, 0.2) is 0 Å². The smallest absolute Gasteiger partial charge is 0.243 e. The van der Waals surface area contributed by atoms with Crippen LogP contribution in [0.3, 0.4) is 0 Å². The first-order valence-corrected chi connectivity index (χ1v) is 9.64. The van der Waals surface area contributed by atoms with Crippen LogP contribution in [0, 0.1) is 11.8 Å². The fourth-order valence-corrected chi connectivity index (χ4v) is 3.27. The highest BCUT2D eigenvalue weighted by Crippen LogP contribution is 2.22. The van der Waals surface area contributed by atoms with E-state index in [-0.39, 0.29) is 17.7 Å². The van der Waals surface area contributed by atoms with Gasteiger partial charge < -0.3 is 16.0 Å². The summed E-state index contributed by atoms with van der Waals surface area (Å²) in [6.45, 7) is 8.57. The Morgan fingerprint density at radius 1 is 1.08 bits per heavy atom. The van der Waals surface area contributed by atoms with Crippen LogP contribution in [0.4, 0.5) is 0 Å². The monoisotopic (exact) mass is 353 g/mol. The second kappa shape index (κ2) is 10.4. The van der Waals surface area contributed by atoms with E-state index in [4.69, 9.17) is 5.73 Å². The maximum Gasteiger partial charge on any atom is 0.243 e. The third-order valence-corrected chi connectivity index (χ3v) is 4.96. The summed E-state index contributed by atoms with van der Waals surface area (Å²) in [5.74, 6) is -0.139. The van der Waals surface area contributed by atoms with Gasteiger partial charge in [0.1, 0.15) is 12.1 Å². The fourth-order valence-electron chi connectivity index (χ4n) is 3.27. The molecule has 6 nitrogen and oxygen atoms in total. The van der Waals surface area contributed by atoms with Crippen molar-refractivity contribution in [1.29, 1.82) is 0 Å². The lowest BCUT2D eigenvalue weighted by Crippen LogP contribution is -2.52. The highest BCUT2D eigenvalue weighted by atomic mass is 16.2. The number of hydrogen-bond donors (Lipinski definition) is 2. The van der Waals surface area contributed by atoms with Crippen molar-refractivity contribution < 1.29 is 14.4 Å². The lowest BCUT2D eigenvalue weighted by atomic mass is 9.99. The summed E-state index contributed by atoms with van der Waals surface area (Å²) in [6, 6.07) is -1.19. The van der Waals surface area contributed by atoms with Crippen LogP contribution in [0.5, 0.6) is 0 Å². The molecule has 0 saturated carbocycles. The van der Waals surface area contributed by atoms with Crippen LogP contribution >= 0.6 is 0 Å². The molecular weight excluding hydrogens is 318 g/mol. The molecule has 1 aliphatic heterocycles. The third-order valence-electron chi connectivity index (χ3n) is 4.96. The first-order valence-electron chi connectivity index (χ1n) is 9.64. The predicted octanol–water partition coefficient (Wildman–Crippen LogP) is 2.21. The number of carbonyl (C=O) groups excluding carboxylic acids is 3. The van der Waals surface area contributed by atoms with Gasteiger partial charge in [-0.1, -0.05) is 46.5 Å². The van der Waals surface area contributed by atoms with E-state index < -0.39 is 18.0 Å². The Kier molecular flexibility index (Phi) is 8.93. The quantitative estimate of drug-likeness (QED) is 0.590. The van der Waals surface area contributed by atoms with Crippen LogP contribution in [0.15, 0.2) is 0 Å². The predicted molar refractivity (Wildman–Crippen MR) is 98.6 cm³/mol. The zero-order chi connectivity index (χ0) is 19.0. The van der Waals surface area contributed by atoms with Crippen molar-refractivity contribution in [3.63, 3.8) is 0 Å². The normalized spacial score (nSPS) is 19.7. The molecule has 0 radical (unpaired) electrons. The minimum atomic E-state index is -0.719. The van der Waals surface area contributed by atoms with E-state index in [2.05, 4.69) is 19.2 Å². The molecule has 0 bridgehead atoms.